The lowest BCUT2D eigenvalue weighted by Crippen LogP contribution is -2.31. The number of carbonyl (C=O) groups excluding carboxylic acids is 1. The van der Waals surface area contributed by atoms with Crippen molar-refractivity contribution in [1.29, 1.82) is 0 Å². The van der Waals surface area contributed by atoms with Crippen LogP contribution in [0.3, 0.4) is 0 Å². The van der Waals surface area contributed by atoms with Gasteiger partial charge in [0, 0.05) is 49.9 Å². The minimum absolute atomic E-state index is 0.327. The zero-order chi connectivity index (χ0) is 24.1. The van der Waals surface area contributed by atoms with Crippen LogP contribution in [0.4, 0.5) is 19.0 Å². The number of aromatic nitrogens is 2. The van der Waals surface area contributed by atoms with Crippen LogP contribution in [0.5, 0.6) is 0 Å². The van der Waals surface area contributed by atoms with Gasteiger partial charge in [-0.3, -0.25) is 4.90 Å². The van der Waals surface area contributed by atoms with Gasteiger partial charge < -0.3 is 9.64 Å². The fourth-order valence-electron chi connectivity index (χ4n) is 3.81. The Labute approximate surface area is 200 Å². The second kappa shape index (κ2) is 10.5. The van der Waals surface area contributed by atoms with Crippen LogP contribution in [0, 0.1) is 0 Å². The van der Waals surface area contributed by atoms with Crippen LogP contribution in [0.15, 0.2) is 48.0 Å². The third-order valence-electron chi connectivity index (χ3n) is 5.57. The first kappa shape index (κ1) is 24.2. The molecule has 0 atom stereocenters. The molecule has 0 amide bonds. The maximum atomic E-state index is 12.8. The lowest BCUT2D eigenvalue weighted by atomic mass is 10.1. The van der Waals surface area contributed by atoms with Gasteiger partial charge in [0.15, 0.2) is 0 Å². The third kappa shape index (κ3) is 5.92. The predicted octanol–water partition coefficient (Wildman–Crippen LogP) is 5.11. The molecule has 0 aliphatic carbocycles. The molecule has 1 fully saturated rings. The summed E-state index contributed by atoms with van der Waals surface area (Å²) in [5.41, 5.74) is 1.37. The molecule has 1 aliphatic heterocycles. The molecular formula is C24H25F3N4O2S. The minimum Gasteiger partial charge on any atom is -0.462 e. The quantitative estimate of drug-likeness (QED) is 0.448. The van der Waals surface area contributed by atoms with Gasteiger partial charge in [-0.1, -0.05) is 12.1 Å². The molecule has 2 aromatic heterocycles. The summed E-state index contributed by atoms with van der Waals surface area (Å²) in [5.74, 6) is 0.454. The molecule has 3 heterocycles. The number of benzene rings is 1. The van der Waals surface area contributed by atoms with Crippen molar-refractivity contribution in [2.45, 2.75) is 26.1 Å². The van der Waals surface area contributed by atoms with E-state index in [-0.39, 0.29) is 5.97 Å². The Morgan fingerprint density at radius 2 is 1.88 bits per heavy atom. The first-order chi connectivity index (χ1) is 16.3. The molecule has 0 N–H and O–H groups in total. The van der Waals surface area contributed by atoms with Crippen molar-refractivity contribution in [3.63, 3.8) is 0 Å². The molecule has 4 rings (SSSR count). The SMILES string of the molecule is CCOC(=O)c1ccc(N2CCCN(Cc3csc(-c4ccc(C(F)(F)F)cc4)n3)CC2)nc1. The van der Waals surface area contributed by atoms with Crippen molar-refractivity contribution in [3.05, 3.63) is 64.8 Å². The van der Waals surface area contributed by atoms with Gasteiger partial charge in [-0.25, -0.2) is 14.8 Å². The normalized spacial score (nSPS) is 15.2. The summed E-state index contributed by atoms with van der Waals surface area (Å²) in [6.07, 6.45) is -1.84. The molecule has 0 radical (unpaired) electrons. The van der Waals surface area contributed by atoms with E-state index in [2.05, 4.69) is 19.8 Å². The highest BCUT2D eigenvalue weighted by Gasteiger charge is 2.30. The Balaban J connectivity index is 1.34. The standard InChI is InChI=1S/C24H25F3N4O2S/c1-2-33-23(32)18-6-9-21(28-14-18)31-11-3-10-30(12-13-31)15-20-16-34-22(29-20)17-4-7-19(8-5-17)24(25,26)27/h4-9,14,16H,2-3,10-13,15H2,1H3. The monoisotopic (exact) mass is 490 g/mol. The van der Waals surface area contributed by atoms with E-state index in [1.54, 1.807) is 19.2 Å². The van der Waals surface area contributed by atoms with Crippen LogP contribution in [0.25, 0.3) is 10.6 Å². The number of carbonyl (C=O) groups is 1. The Kier molecular flexibility index (Phi) is 7.47. The summed E-state index contributed by atoms with van der Waals surface area (Å²) in [4.78, 5) is 25.4. The maximum Gasteiger partial charge on any atom is 0.416 e. The van der Waals surface area contributed by atoms with Crippen molar-refractivity contribution in [2.24, 2.45) is 0 Å². The molecule has 0 saturated carbocycles. The van der Waals surface area contributed by atoms with Gasteiger partial charge in [0.1, 0.15) is 10.8 Å². The number of nitrogens with zero attached hydrogens (tertiary/aromatic N) is 4. The fraction of sp³-hybridized carbons (Fsp3) is 0.375. The number of alkyl halides is 3. The number of hydrogen-bond acceptors (Lipinski definition) is 7. The van der Waals surface area contributed by atoms with Crippen LogP contribution in [-0.4, -0.2) is 53.6 Å². The van der Waals surface area contributed by atoms with E-state index in [0.717, 1.165) is 56.2 Å². The van der Waals surface area contributed by atoms with Gasteiger partial charge in [-0.15, -0.1) is 11.3 Å². The van der Waals surface area contributed by atoms with Crippen molar-refractivity contribution < 1.29 is 22.7 Å². The predicted molar refractivity (Wildman–Crippen MR) is 125 cm³/mol. The summed E-state index contributed by atoms with van der Waals surface area (Å²) < 4.78 is 43.4. The number of halogens is 3. The molecule has 0 unspecified atom stereocenters. The van der Waals surface area contributed by atoms with Gasteiger partial charge in [-0.2, -0.15) is 13.2 Å². The van der Waals surface area contributed by atoms with Gasteiger partial charge >= 0.3 is 12.1 Å². The number of esters is 1. The number of ether oxygens (including phenoxy) is 1. The van der Waals surface area contributed by atoms with Crippen molar-refractivity contribution in [3.8, 4) is 10.6 Å². The molecule has 0 spiro atoms. The van der Waals surface area contributed by atoms with Crippen molar-refractivity contribution in [1.82, 2.24) is 14.9 Å². The molecular weight excluding hydrogens is 465 g/mol. The van der Waals surface area contributed by atoms with Gasteiger partial charge in [0.2, 0.25) is 0 Å². The number of anilines is 1. The zero-order valence-corrected chi connectivity index (χ0v) is 19.5. The number of rotatable bonds is 6. The topological polar surface area (TPSA) is 58.6 Å². The number of thiazole rings is 1. The first-order valence-corrected chi connectivity index (χ1v) is 11.9. The highest BCUT2D eigenvalue weighted by atomic mass is 32.1. The summed E-state index contributed by atoms with van der Waals surface area (Å²) in [7, 11) is 0. The molecule has 0 bridgehead atoms. The lowest BCUT2D eigenvalue weighted by Gasteiger charge is -2.22. The van der Waals surface area contributed by atoms with E-state index in [0.29, 0.717) is 29.3 Å². The smallest absolute Gasteiger partial charge is 0.416 e. The molecule has 6 nitrogen and oxygen atoms in total. The molecule has 180 valence electrons. The van der Waals surface area contributed by atoms with Crippen molar-refractivity contribution in [2.75, 3.05) is 37.7 Å². The minimum atomic E-state index is -4.34. The first-order valence-electron chi connectivity index (χ1n) is 11.1. The molecule has 1 aromatic carbocycles. The molecule has 1 aliphatic rings. The number of pyridine rings is 1. The Bertz CT molecular complexity index is 1100. The lowest BCUT2D eigenvalue weighted by molar-refractivity contribution is -0.137. The zero-order valence-electron chi connectivity index (χ0n) is 18.7. The Hall–Kier alpha value is -2.98. The molecule has 34 heavy (non-hydrogen) atoms. The maximum absolute atomic E-state index is 12.8. The van der Waals surface area contributed by atoms with Crippen molar-refractivity contribution >= 4 is 23.1 Å². The van der Waals surface area contributed by atoms with Crippen LogP contribution in [-0.2, 0) is 17.5 Å². The second-order valence-electron chi connectivity index (χ2n) is 7.96. The fourth-order valence-corrected chi connectivity index (χ4v) is 4.63. The molecule has 10 heteroatoms. The van der Waals surface area contributed by atoms with E-state index >= 15 is 0 Å². The van der Waals surface area contributed by atoms with E-state index in [1.807, 2.05) is 11.4 Å². The van der Waals surface area contributed by atoms with E-state index in [1.165, 1.54) is 23.5 Å². The Morgan fingerprint density at radius 3 is 2.56 bits per heavy atom. The average molecular weight is 491 g/mol. The summed E-state index contributed by atoms with van der Waals surface area (Å²) >= 11 is 1.44. The van der Waals surface area contributed by atoms with Gasteiger partial charge in [0.05, 0.1) is 23.4 Å². The van der Waals surface area contributed by atoms with E-state index in [4.69, 9.17) is 4.74 Å². The van der Waals surface area contributed by atoms with E-state index in [9.17, 15) is 18.0 Å². The van der Waals surface area contributed by atoms with Gasteiger partial charge in [-0.05, 0) is 37.6 Å². The largest absolute Gasteiger partial charge is 0.462 e. The summed E-state index contributed by atoms with van der Waals surface area (Å²) in [6.45, 7) is 6.16. The van der Waals surface area contributed by atoms with Crippen LogP contribution in [0.2, 0.25) is 0 Å². The van der Waals surface area contributed by atoms with Crippen LogP contribution in [0.1, 0.15) is 35.0 Å². The highest BCUT2D eigenvalue weighted by Crippen LogP contribution is 2.32. The Morgan fingerprint density at radius 1 is 1.09 bits per heavy atom. The molecule has 1 saturated heterocycles. The van der Waals surface area contributed by atoms with Gasteiger partial charge in [0.25, 0.3) is 0 Å². The summed E-state index contributed by atoms with van der Waals surface area (Å²) in [6, 6.07) is 8.70. The van der Waals surface area contributed by atoms with Crippen LogP contribution < -0.4 is 4.90 Å². The second-order valence-corrected chi connectivity index (χ2v) is 8.82. The highest BCUT2D eigenvalue weighted by molar-refractivity contribution is 7.13. The molecule has 3 aromatic rings. The third-order valence-corrected chi connectivity index (χ3v) is 6.51. The van der Waals surface area contributed by atoms with E-state index < -0.39 is 11.7 Å². The summed E-state index contributed by atoms with van der Waals surface area (Å²) in [5, 5.41) is 2.68. The van der Waals surface area contributed by atoms with Crippen LogP contribution >= 0.6 is 11.3 Å². The average Bonchev–Trinajstić information content (AvgIpc) is 3.16. The number of hydrogen-bond donors (Lipinski definition) is 0.